The van der Waals surface area contributed by atoms with Crippen LogP contribution in [0.1, 0.15) is 11.3 Å². The molecule has 26 heavy (non-hydrogen) atoms. The summed E-state index contributed by atoms with van der Waals surface area (Å²) in [5, 5.41) is 0. The Hall–Kier alpha value is -3.47. The highest BCUT2D eigenvalue weighted by Crippen LogP contribution is 2.37. The van der Waals surface area contributed by atoms with Crippen molar-refractivity contribution in [2.75, 3.05) is 17.2 Å². The summed E-state index contributed by atoms with van der Waals surface area (Å²) in [6.07, 6.45) is 3.90. The van der Waals surface area contributed by atoms with Gasteiger partial charge in [-0.1, -0.05) is 30.3 Å². The van der Waals surface area contributed by atoms with Gasteiger partial charge in [-0.15, -0.1) is 0 Å². The van der Waals surface area contributed by atoms with Crippen LogP contribution in [0.5, 0.6) is 5.75 Å². The van der Waals surface area contributed by atoms with Gasteiger partial charge in [-0.05, 0) is 42.3 Å². The Bertz CT molecular complexity index is 947. The molecular formula is C21H18N2O3. The fourth-order valence-corrected chi connectivity index (χ4v) is 2.94. The second-order valence-electron chi connectivity index (χ2n) is 6.05. The van der Waals surface area contributed by atoms with Gasteiger partial charge in [0.2, 0.25) is 0 Å². The molecule has 4 rings (SSSR count). The van der Waals surface area contributed by atoms with E-state index in [0.717, 1.165) is 12.0 Å². The topological polar surface area (TPSA) is 68.7 Å². The van der Waals surface area contributed by atoms with Crippen LogP contribution >= 0.6 is 0 Å². The van der Waals surface area contributed by atoms with Crippen LogP contribution in [0.15, 0.2) is 77.1 Å². The minimum Gasteiger partial charge on any atom is -0.465 e. The Kier molecular flexibility index (Phi) is 4.19. The SMILES string of the molecule is Nc1ccc2c(c1)N(CCc1ccccc1)C(=O)/C(=C\c1ccco1)O2. The molecule has 0 unspecified atom stereocenters. The first-order valence-corrected chi connectivity index (χ1v) is 8.39. The first-order valence-electron chi connectivity index (χ1n) is 8.39. The highest BCUT2D eigenvalue weighted by atomic mass is 16.5. The van der Waals surface area contributed by atoms with Gasteiger partial charge < -0.3 is 19.8 Å². The van der Waals surface area contributed by atoms with E-state index >= 15 is 0 Å². The van der Waals surface area contributed by atoms with Crippen molar-refractivity contribution in [1.29, 1.82) is 0 Å². The van der Waals surface area contributed by atoms with Gasteiger partial charge in [-0.2, -0.15) is 0 Å². The number of carbonyl (C=O) groups excluding carboxylic acids is 1. The lowest BCUT2D eigenvalue weighted by Crippen LogP contribution is -2.38. The summed E-state index contributed by atoms with van der Waals surface area (Å²) in [6.45, 7) is 0.526. The number of amides is 1. The molecule has 2 aromatic carbocycles. The average Bonchev–Trinajstić information content (AvgIpc) is 3.16. The second kappa shape index (κ2) is 6.80. The Morgan fingerprint density at radius 2 is 1.88 bits per heavy atom. The summed E-state index contributed by atoms with van der Waals surface area (Å²) in [5.74, 6) is 1.18. The first-order chi connectivity index (χ1) is 12.7. The van der Waals surface area contributed by atoms with Crippen molar-refractivity contribution in [2.45, 2.75) is 6.42 Å². The number of hydrogen-bond acceptors (Lipinski definition) is 4. The predicted molar refractivity (Wildman–Crippen MR) is 101 cm³/mol. The van der Waals surface area contributed by atoms with Crippen LogP contribution in [0, 0.1) is 0 Å². The van der Waals surface area contributed by atoms with E-state index in [4.69, 9.17) is 14.9 Å². The van der Waals surface area contributed by atoms with Gasteiger partial charge in [0.1, 0.15) is 5.76 Å². The molecule has 0 radical (unpaired) electrons. The molecular weight excluding hydrogens is 328 g/mol. The Balaban J connectivity index is 1.67. The molecule has 2 N–H and O–H groups in total. The molecule has 0 aliphatic carbocycles. The molecule has 3 aromatic rings. The number of hydrogen-bond donors (Lipinski definition) is 1. The summed E-state index contributed by atoms with van der Waals surface area (Å²) >= 11 is 0. The quantitative estimate of drug-likeness (QED) is 0.575. The molecule has 2 heterocycles. The van der Waals surface area contributed by atoms with E-state index in [-0.39, 0.29) is 11.7 Å². The van der Waals surface area contributed by atoms with Crippen LogP contribution < -0.4 is 15.4 Å². The van der Waals surface area contributed by atoms with E-state index in [1.807, 2.05) is 30.3 Å². The smallest absolute Gasteiger partial charge is 0.294 e. The van der Waals surface area contributed by atoms with E-state index in [0.29, 0.717) is 29.4 Å². The zero-order valence-corrected chi connectivity index (χ0v) is 14.1. The van der Waals surface area contributed by atoms with Crippen LogP contribution in [0.25, 0.3) is 6.08 Å². The lowest BCUT2D eigenvalue weighted by atomic mass is 10.1. The Morgan fingerprint density at radius 3 is 2.65 bits per heavy atom. The minimum atomic E-state index is -0.213. The predicted octanol–water partition coefficient (Wildman–Crippen LogP) is 3.87. The molecule has 1 aliphatic rings. The number of furan rings is 1. The molecule has 130 valence electrons. The van der Waals surface area contributed by atoms with Crippen LogP contribution in [-0.4, -0.2) is 12.5 Å². The number of ether oxygens (including phenoxy) is 1. The van der Waals surface area contributed by atoms with E-state index in [2.05, 4.69) is 0 Å². The zero-order valence-electron chi connectivity index (χ0n) is 14.1. The van der Waals surface area contributed by atoms with Gasteiger partial charge in [-0.25, -0.2) is 0 Å². The van der Waals surface area contributed by atoms with E-state index in [9.17, 15) is 4.79 Å². The van der Waals surface area contributed by atoms with Crippen molar-refractivity contribution < 1.29 is 13.9 Å². The van der Waals surface area contributed by atoms with Crippen LogP contribution in [0.4, 0.5) is 11.4 Å². The monoisotopic (exact) mass is 346 g/mol. The van der Waals surface area contributed by atoms with Crippen LogP contribution in [0.2, 0.25) is 0 Å². The van der Waals surface area contributed by atoms with Crippen molar-refractivity contribution in [2.24, 2.45) is 0 Å². The van der Waals surface area contributed by atoms with Gasteiger partial charge in [0.05, 0.1) is 12.0 Å². The largest absolute Gasteiger partial charge is 0.465 e. The van der Waals surface area contributed by atoms with Crippen LogP contribution in [0.3, 0.4) is 0 Å². The van der Waals surface area contributed by atoms with Crippen molar-refractivity contribution >= 4 is 23.4 Å². The summed E-state index contributed by atoms with van der Waals surface area (Å²) in [7, 11) is 0. The summed E-state index contributed by atoms with van der Waals surface area (Å²) < 4.78 is 11.1. The summed E-state index contributed by atoms with van der Waals surface area (Å²) in [5.41, 5.74) is 8.35. The average molecular weight is 346 g/mol. The second-order valence-corrected chi connectivity index (χ2v) is 6.05. The Labute approximate surface area is 151 Å². The number of nitrogens with two attached hydrogens (primary N) is 1. The fraction of sp³-hybridized carbons (Fsp3) is 0.0952. The van der Waals surface area contributed by atoms with Gasteiger partial charge >= 0.3 is 0 Å². The zero-order chi connectivity index (χ0) is 17.9. The van der Waals surface area contributed by atoms with Crippen molar-refractivity contribution in [3.05, 3.63) is 84.0 Å². The molecule has 5 heteroatoms. The van der Waals surface area contributed by atoms with Gasteiger partial charge in [0, 0.05) is 18.3 Å². The number of nitrogen functional groups attached to an aromatic ring is 1. The number of carbonyl (C=O) groups is 1. The first kappa shape index (κ1) is 16.0. The molecule has 0 spiro atoms. The maximum atomic E-state index is 13.0. The maximum Gasteiger partial charge on any atom is 0.294 e. The normalized spacial score (nSPS) is 15.0. The van der Waals surface area contributed by atoms with Gasteiger partial charge in [0.25, 0.3) is 5.91 Å². The molecule has 1 aliphatic heterocycles. The Morgan fingerprint density at radius 1 is 1.04 bits per heavy atom. The van der Waals surface area contributed by atoms with Crippen molar-refractivity contribution in [3.63, 3.8) is 0 Å². The third kappa shape index (κ3) is 3.19. The summed E-state index contributed by atoms with van der Waals surface area (Å²) in [6, 6.07) is 18.9. The third-order valence-electron chi connectivity index (χ3n) is 4.23. The molecule has 1 amide bonds. The molecule has 0 saturated carbocycles. The summed E-state index contributed by atoms with van der Waals surface area (Å²) in [4.78, 5) is 14.7. The molecule has 0 atom stereocenters. The van der Waals surface area contributed by atoms with Gasteiger partial charge in [-0.3, -0.25) is 4.79 Å². The maximum absolute atomic E-state index is 13.0. The van der Waals surface area contributed by atoms with Crippen LogP contribution in [-0.2, 0) is 11.2 Å². The van der Waals surface area contributed by atoms with E-state index in [1.165, 1.54) is 0 Å². The minimum absolute atomic E-state index is 0.213. The molecule has 0 saturated heterocycles. The van der Waals surface area contributed by atoms with E-state index in [1.54, 1.807) is 47.6 Å². The lowest BCUT2D eigenvalue weighted by molar-refractivity contribution is -0.117. The highest BCUT2D eigenvalue weighted by molar-refractivity contribution is 6.10. The highest BCUT2D eigenvalue weighted by Gasteiger charge is 2.30. The number of benzene rings is 2. The number of fused-ring (bicyclic) bond motifs is 1. The standard InChI is InChI=1S/C21H18N2O3/c22-16-8-9-19-18(13-16)23(11-10-15-5-2-1-3-6-15)21(24)20(26-19)14-17-7-4-12-25-17/h1-9,12-14H,10-11,22H2/b20-14+. The van der Waals surface area contributed by atoms with E-state index < -0.39 is 0 Å². The molecule has 0 fully saturated rings. The molecule has 5 nitrogen and oxygen atoms in total. The molecule has 1 aromatic heterocycles. The van der Waals surface area contributed by atoms with Crippen molar-refractivity contribution in [1.82, 2.24) is 0 Å². The third-order valence-corrected chi connectivity index (χ3v) is 4.23. The van der Waals surface area contributed by atoms with Gasteiger partial charge in [0.15, 0.2) is 11.5 Å². The number of rotatable bonds is 4. The fourth-order valence-electron chi connectivity index (χ4n) is 2.94. The number of nitrogens with zero attached hydrogens (tertiary/aromatic N) is 1. The number of anilines is 2. The molecule has 0 bridgehead atoms. The van der Waals surface area contributed by atoms with Crippen molar-refractivity contribution in [3.8, 4) is 5.75 Å². The lowest BCUT2D eigenvalue weighted by Gasteiger charge is -2.30.